The summed E-state index contributed by atoms with van der Waals surface area (Å²) in [6, 6.07) is 0. The lowest BCUT2D eigenvalue weighted by Crippen LogP contribution is -2.40. The van der Waals surface area contributed by atoms with E-state index in [9.17, 15) is 14.7 Å². The fourth-order valence-electron chi connectivity index (χ4n) is 1.02. The van der Waals surface area contributed by atoms with Crippen LogP contribution in [0.1, 0.15) is 20.3 Å². The molecule has 0 aliphatic heterocycles. The van der Waals surface area contributed by atoms with Gasteiger partial charge in [0.1, 0.15) is 6.10 Å². The van der Waals surface area contributed by atoms with E-state index in [4.69, 9.17) is 5.73 Å². The molecule has 0 heterocycles. The molecule has 76 valence electrons. The molecule has 0 aliphatic rings. The highest BCUT2D eigenvalue weighted by Crippen LogP contribution is 1.98. The number of likely N-dealkylation sites (N-methyl/N-ethyl adjacent to an activating group) is 1. The second kappa shape index (κ2) is 5.53. The molecule has 2 amide bonds. The molecule has 0 aromatic rings. The minimum atomic E-state index is -1.29. The molecule has 0 rings (SSSR count). The van der Waals surface area contributed by atoms with Crippen molar-refractivity contribution in [3.63, 3.8) is 0 Å². The molecule has 0 bridgehead atoms. The van der Waals surface area contributed by atoms with Gasteiger partial charge in [0.15, 0.2) is 0 Å². The number of amides is 2. The van der Waals surface area contributed by atoms with E-state index in [1.54, 1.807) is 13.8 Å². The van der Waals surface area contributed by atoms with Gasteiger partial charge in [-0.05, 0) is 13.8 Å². The maximum absolute atomic E-state index is 11.3. The summed E-state index contributed by atoms with van der Waals surface area (Å²) in [6.07, 6.45) is -1.60. The van der Waals surface area contributed by atoms with Crippen LogP contribution in [0.15, 0.2) is 0 Å². The zero-order valence-corrected chi connectivity index (χ0v) is 7.99. The van der Waals surface area contributed by atoms with Gasteiger partial charge in [0.25, 0.3) is 5.91 Å². The molecule has 0 aromatic heterocycles. The van der Waals surface area contributed by atoms with E-state index in [1.807, 2.05) is 0 Å². The molecule has 1 atom stereocenters. The largest absolute Gasteiger partial charge is 0.383 e. The minimum absolute atomic E-state index is 0.310. The highest BCUT2D eigenvalue weighted by atomic mass is 16.3. The zero-order valence-electron chi connectivity index (χ0n) is 7.99. The highest BCUT2D eigenvalue weighted by molar-refractivity contribution is 5.86. The van der Waals surface area contributed by atoms with Gasteiger partial charge in [-0.15, -0.1) is 0 Å². The molecule has 0 saturated carbocycles. The molecule has 0 aliphatic carbocycles. The molecule has 3 N–H and O–H groups in total. The maximum atomic E-state index is 11.3. The van der Waals surface area contributed by atoms with Crippen molar-refractivity contribution in [2.45, 2.75) is 26.4 Å². The Morgan fingerprint density at radius 3 is 2.15 bits per heavy atom. The standard InChI is InChI=1S/C8H16N2O3/c1-3-10(4-2)8(13)6(11)5-7(9)12/h6,11H,3-5H2,1-2H3,(H2,9,12). The monoisotopic (exact) mass is 188 g/mol. The lowest BCUT2D eigenvalue weighted by molar-refractivity contribution is -0.142. The van der Waals surface area contributed by atoms with Crippen molar-refractivity contribution in [1.82, 2.24) is 4.90 Å². The lowest BCUT2D eigenvalue weighted by atomic mass is 10.2. The molecule has 0 saturated heterocycles. The van der Waals surface area contributed by atoms with Gasteiger partial charge >= 0.3 is 0 Å². The average molecular weight is 188 g/mol. The minimum Gasteiger partial charge on any atom is -0.383 e. The number of nitrogens with two attached hydrogens (primary N) is 1. The van der Waals surface area contributed by atoms with Gasteiger partial charge in [-0.3, -0.25) is 9.59 Å². The second-order valence-electron chi connectivity index (χ2n) is 2.70. The number of rotatable bonds is 5. The lowest BCUT2D eigenvalue weighted by Gasteiger charge is -2.21. The van der Waals surface area contributed by atoms with Gasteiger partial charge in [0, 0.05) is 13.1 Å². The van der Waals surface area contributed by atoms with Crippen molar-refractivity contribution >= 4 is 11.8 Å². The van der Waals surface area contributed by atoms with E-state index in [1.165, 1.54) is 4.90 Å². The number of aliphatic hydroxyl groups excluding tert-OH is 1. The Morgan fingerprint density at radius 2 is 1.85 bits per heavy atom. The predicted molar refractivity (Wildman–Crippen MR) is 47.7 cm³/mol. The summed E-state index contributed by atoms with van der Waals surface area (Å²) < 4.78 is 0. The van der Waals surface area contributed by atoms with Gasteiger partial charge < -0.3 is 15.7 Å². The molecule has 5 nitrogen and oxygen atoms in total. The van der Waals surface area contributed by atoms with Crippen LogP contribution in [0, 0.1) is 0 Å². The van der Waals surface area contributed by atoms with Gasteiger partial charge in [0.05, 0.1) is 6.42 Å². The van der Waals surface area contributed by atoms with Gasteiger partial charge in [0.2, 0.25) is 5.91 Å². The van der Waals surface area contributed by atoms with E-state index in [2.05, 4.69) is 0 Å². The summed E-state index contributed by atoms with van der Waals surface area (Å²) in [5.41, 5.74) is 4.84. The third-order valence-electron chi connectivity index (χ3n) is 1.75. The van der Waals surface area contributed by atoms with Crippen molar-refractivity contribution in [3.8, 4) is 0 Å². The number of aliphatic hydroxyl groups is 1. The van der Waals surface area contributed by atoms with Crippen molar-refractivity contribution in [2.75, 3.05) is 13.1 Å². The number of primary amides is 1. The Morgan fingerprint density at radius 1 is 1.38 bits per heavy atom. The first-order valence-electron chi connectivity index (χ1n) is 4.28. The SMILES string of the molecule is CCN(CC)C(=O)C(O)CC(N)=O. The van der Waals surface area contributed by atoms with Gasteiger partial charge in [-0.1, -0.05) is 0 Å². The first kappa shape index (κ1) is 11.9. The molecule has 0 fully saturated rings. The fourth-order valence-corrected chi connectivity index (χ4v) is 1.02. The van der Waals surface area contributed by atoms with Crippen LogP contribution in [-0.4, -0.2) is 41.0 Å². The normalized spacial score (nSPS) is 12.2. The quantitative estimate of drug-likeness (QED) is 0.586. The molecule has 0 radical (unpaired) electrons. The molecule has 0 aromatic carbocycles. The first-order chi connectivity index (χ1) is 6.02. The zero-order chi connectivity index (χ0) is 10.4. The van der Waals surface area contributed by atoms with E-state index < -0.39 is 17.9 Å². The number of hydrogen-bond donors (Lipinski definition) is 2. The molecule has 1 unspecified atom stereocenters. The molecular weight excluding hydrogens is 172 g/mol. The Balaban J connectivity index is 4.14. The highest BCUT2D eigenvalue weighted by Gasteiger charge is 2.21. The molecule has 13 heavy (non-hydrogen) atoms. The number of nitrogens with zero attached hydrogens (tertiary/aromatic N) is 1. The Hall–Kier alpha value is -1.10. The summed E-state index contributed by atoms with van der Waals surface area (Å²) in [5.74, 6) is -1.11. The number of hydrogen-bond acceptors (Lipinski definition) is 3. The van der Waals surface area contributed by atoms with E-state index in [0.717, 1.165) is 0 Å². The second-order valence-corrected chi connectivity index (χ2v) is 2.70. The Bertz CT molecular complexity index is 190. The summed E-state index contributed by atoms with van der Waals surface area (Å²) in [7, 11) is 0. The van der Waals surface area contributed by atoms with Crippen LogP contribution < -0.4 is 5.73 Å². The fraction of sp³-hybridized carbons (Fsp3) is 0.750. The first-order valence-corrected chi connectivity index (χ1v) is 4.28. The molecule has 0 spiro atoms. The summed E-state index contributed by atoms with van der Waals surface area (Å²) >= 11 is 0. The van der Waals surface area contributed by atoms with Crippen molar-refractivity contribution in [2.24, 2.45) is 5.73 Å². The Labute approximate surface area is 77.5 Å². The summed E-state index contributed by atoms with van der Waals surface area (Å²) in [5, 5.41) is 9.23. The van der Waals surface area contributed by atoms with Crippen LogP contribution in [0.25, 0.3) is 0 Å². The van der Waals surface area contributed by atoms with E-state index in [0.29, 0.717) is 13.1 Å². The van der Waals surface area contributed by atoms with Gasteiger partial charge in [-0.25, -0.2) is 0 Å². The smallest absolute Gasteiger partial charge is 0.251 e. The predicted octanol–water partition coefficient (Wildman–Crippen LogP) is -0.909. The molecule has 5 heteroatoms. The summed E-state index contributed by atoms with van der Waals surface area (Å²) in [4.78, 5) is 23.2. The number of carbonyl (C=O) groups is 2. The third kappa shape index (κ3) is 3.89. The van der Waals surface area contributed by atoms with Crippen LogP contribution in [0.3, 0.4) is 0 Å². The van der Waals surface area contributed by atoms with Crippen LogP contribution in [0.4, 0.5) is 0 Å². The average Bonchev–Trinajstić information content (AvgIpc) is 2.05. The van der Waals surface area contributed by atoms with Crippen molar-refractivity contribution < 1.29 is 14.7 Å². The van der Waals surface area contributed by atoms with Crippen molar-refractivity contribution in [1.29, 1.82) is 0 Å². The Kier molecular flexibility index (Phi) is 5.06. The molecular formula is C8H16N2O3. The van der Waals surface area contributed by atoms with E-state index in [-0.39, 0.29) is 6.42 Å². The topological polar surface area (TPSA) is 83.6 Å². The summed E-state index contributed by atoms with van der Waals surface area (Å²) in [6.45, 7) is 4.65. The maximum Gasteiger partial charge on any atom is 0.251 e. The van der Waals surface area contributed by atoms with Crippen LogP contribution in [0.2, 0.25) is 0 Å². The third-order valence-corrected chi connectivity index (χ3v) is 1.75. The van der Waals surface area contributed by atoms with Crippen molar-refractivity contribution in [3.05, 3.63) is 0 Å². The van der Waals surface area contributed by atoms with Gasteiger partial charge in [-0.2, -0.15) is 0 Å². The van der Waals surface area contributed by atoms with Crippen LogP contribution in [0.5, 0.6) is 0 Å². The van der Waals surface area contributed by atoms with Crippen LogP contribution >= 0.6 is 0 Å². The number of carbonyl (C=O) groups excluding carboxylic acids is 2. The van der Waals surface area contributed by atoms with E-state index >= 15 is 0 Å². The van der Waals surface area contributed by atoms with Crippen LogP contribution in [-0.2, 0) is 9.59 Å².